The molecule has 1 rings (SSSR count). The molecule has 0 aliphatic rings. The van der Waals surface area contributed by atoms with E-state index in [0.29, 0.717) is 19.8 Å². The Kier molecular flexibility index (Phi) is 9.66. The number of hydrogen-bond acceptors (Lipinski definition) is 4. The summed E-state index contributed by atoms with van der Waals surface area (Å²) in [4.78, 5) is 0. The van der Waals surface area contributed by atoms with Gasteiger partial charge in [0.25, 0.3) is 0 Å². The number of anilines is 1. The van der Waals surface area contributed by atoms with Crippen LogP contribution in [0.2, 0.25) is 0 Å². The molecule has 0 spiro atoms. The van der Waals surface area contributed by atoms with Crippen LogP contribution >= 0.6 is 0 Å². The summed E-state index contributed by atoms with van der Waals surface area (Å²) in [5, 5.41) is 13.1. The number of nitrogens with one attached hydrogen (secondary N) is 1. The fraction of sp³-hybridized carbons (Fsp3) is 0.647. The summed E-state index contributed by atoms with van der Waals surface area (Å²) in [7, 11) is 0. The molecule has 0 heterocycles. The van der Waals surface area contributed by atoms with E-state index in [2.05, 4.69) is 12.2 Å². The van der Waals surface area contributed by atoms with Crippen molar-refractivity contribution in [2.24, 2.45) is 0 Å². The topological polar surface area (TPSA) is 50.7 Å². The quantitative estimate of drug-likeness (QED) is 0.580. The van der Waals surface area contributed by atoms with Crippen molar-refractivity contribution in [2.45, 2.75) is 45.6 Å². The predicted octanol–water partition coefficient (Wildman–Crippen LogP) is 3.46. The van der Waals surface area contributed by atoms with Gasteiger partial charge in [0.05, 0.1) is 19.3 Å². The first-order chi connectivity index (χ1) is 10.3. The van der Waals surface area contributed by atoms with Crippen molar-refractivity contribution >= 4 is 5.69 Å². The molecule has 0 aliphatic heterocycles. The van der Waals surface area contributed by atoms with Crippen molar-refractivity contribution in [3.05, 3.63) is 24.3 Å². The molecule has 0 saturated heterocycles. The lowest BCUT2D eigenvalue weighted by Gasteiger charge is -2.14. The fourth-order valence-electron chi connectivity index (χ4n) is 2.01. The molecule has 1 unspecified atom stereocenters. The maximum absolute atomic E-state index is 9.87. The Labute approximate surface area is 128 Å². The molecule has 21 heavy (non-hydrogen) atoms. The van der Waals surface area contributed by atoms with Crippen molar-refractivity contribution in [3.8, 4) is 5.75 Å². The third kappa shape index (κ3) is 8.58. The second-order valence-corrected chi connectivity index (χ2v) is 5.13. The highest BCUT2D eigenvalue weighted by Gasteiger charge is 2.04. The van der Waals surface area contributed by atoms with Crippen LogP contribution in [0, 0.1) is 0 Å². The molecule has 120 valence electrons. The SMILES string of the molecule is CCCCCCOCC(O)CNc1cccc(OCC)c1. The van der Waals surface area contributed by atoms with Gasteiger partial charge in [-0.15, -0.1) is 0 Å². The zero-order valence-corrected chi connectivity index (χ0v) is 13.3. The van der Waals surface area contributed by atoms with E-state index in [-0.39, 0.29) is 0 Å². The van der Waals surface area contributed by atoms with E-state index in [1.165, 1.54) is 19.3 Å². The van der Waals surface area contributed by atoms with E-state index in [9.17, 15) is 5.11 Å². The van der Waals surface area contributed by atoms with Crippen LogP contribution in [0.25, 0.3) is 0 Å². The Bertz CT molecular complexity index is 371. The fourth-order valence-corrected chi connectivity index (χ4v) is 2.01. The van der Waals surface area contributed by atoms with Gasteiger partial charge in [0.1, 0.15) is 5.75 Å². The average Bonchev–Trinajstić information content (AvgIpc) is 2.49. The van der Waals surface area contributed by atoms with E-state index in [1.807, 2.05) is 31.2 Å². The van der Waals surface area contributed by atoms with Gasteiger partial charge in [-0.25, -0.2) is 0 Å². The van der Waals surface area contributed by atoms with Gasteiger partial charge in [-0.3, -0.25) is 0 Å². The molecule has 0 bridgehead atoms. The summed E-state index contributed by atoms with van der Waals surface area (Å²) in [5.74, 6) is 0.837. The maximum atomic E-state index is 9.87. The van der Waals surface area contributed by atoms with Gasteiger partial charge in [-0.2, -0.15) is 0 Å². The number of rotatable bonds is 12. The molecular weight excluding hydrogens is 266 g/mol. The molecule has 0 amide bonds. The van der Waals surface area contributed by atoms with Crippen LogP contribution in [0.1, 0.15) is 39.5 Å². The molecule has 1 aromatic carbocycles. The first kappa shape index (κ1) is 17.8. The van der Waals surface area contributed by atoms with E-state index in [0.717, 1.165) is 24.5 Å². The van der Waals surface area contributed by atoms with Gasteiger partial charge in [-0.05, 0) is 25.5 Å². The molecule has 1 atom stereocenters. The normalized spacial score (nSPS) is 12.1. The molecule has 0 fully saturated rings. The third-order valence-electron chi connectivity index (χ3n) is 3.14. The molecule has 2 N–H and O–H groups in total. The molecule has 0 aromatic heterocycles. The lowest BCUT2D eigenvalue weighted by molar-refractivity contribution is 0.0417. The van der Waals surface area contributed by atoms with Crippen LogP contribution in [0.15, 0.2) is 24.3 Å². The Balaban J connectivity index is 2.14. The number of hydrogen-bond donors (Lipinski definition) is 2. The zero-order valence-electron chi connectivity index (χ0n) is 13.3. The lowest BCUT2D eigenvalue weighted by Crippen LogP contribution is -2.25. The van der Waals surface area contributed by atoms with Crippen LogP contribution in [-0.4, -0.2) is 37.6 Å². The van der Waals surface area contributed by atoms with Gasteiger partial charge >= 0.3 is 0 Å². The number of benzene rings is 1. The number of aliphatic hydroxyl groups is 1. The summed E-state index contributed by atoms with van der Waals surface area (Å²) in [6, 6.07) is 7.75. The van der Waals surface area contributed by atoms with Crippen molar-refractivity contribution in [1.29, 1.82) is 0 Å². The molecular formula is C17H29NO3. The highest BCUT2D eigenvalue weighted by Crippen LogP contribution is 2.17. The van der Waals surface area contributed by atoms with E-state index >= 15 is 0 Å². The maximum Gasteiger partial charge on any atom is 0.121 e. The zero-order chi connectivity index (χ0) is 15.3. The number of unbranched alkanes of at least 4 members (excludes halogenated alkanes) is 3. The minimum absolute atomic E-state index is 0.379. The Morgan fingerprint density at radius 1 is 1.19 bits per heavy atom. The Hall–Kier alpha value is -1.26. The monoisotopic (exact) mass is 295 g/mol. The van der Waals surface area contributed by atoms with E-state index in [4.69, 9.17) is 9.47 Å². The smallest absolute Gasteiger partial charge is 0.121 e. The summed E-state index contributed by atoms with van der Waals surface area (Å²) in [6.07, 6.45) is 4.27. The highest BCUT2D eigenvalue weighted by molar-refractivity contribution is 5.48. The second kappa shape index (κ2) is 11.4. The molecule has 0 saturated carbocycles. The Morgan fingerprint density at radius 3 is 2.81 bits per heavy atom. The molecule has 0 aliphatic carbocycles. The van der Waals surface area contributed by atoms with Crippen LogP contribution in [-0.2, 0) is 4.74 Å². The molecule has 4 heteroatoms. The molecule has 4 nitrogen and oxygen atoms in total. The van der Waals surface area contributed by atoms with Gasteiger partial charge in [0, 0.05) is 24.9 Å². The lowest BCUT2D eigenvalue weighted by atomic mass is 10.2. The van der Waals surface area contributed by atoms with Crippen molar-refractivity contribution in [3.63, 3.8) is 0 Å². The van der Waals surface area contributed by atoms with Gasteiger partial charge in [0.15, 0.2) is 0 Å². The van der Waals surface area contributed by atoms with E-state index < -0.39 is 6.10 Å². The summed E-state index contributed by atoms with van der Waals surface area (Å²) < 4.78 is 10.9. The van der Waals surface area contributed by atoms with E-state index in [1.54, 1.807) is 0 Å². The van der Waals surface area contributed by atoms with Crippen LogP contribution < -0.4 is 10.1 Å². The minimum Gasteiger partial charge on any atom is -0.494 e. The third-order valence-corrected chi connectivity index (χ3v) is 3.14. The largest absolute Gasteiger partial charge is 0.494 e. The second-order valence-electron chi connectivity index (χ2n) is 5.13. The summed E-state index contributed by atoms with van der Waals surface area (Å²) in [5.41, 5.74) is 0.947. The first-order valence-corrected chi connectivity index (χ1v) is 7.98. The number of ether oxygens (including phenoxy) is 2. The Morgan fingerprint density at radius 2 is 2.05 bits per heavy atom. The van der Waals surface area contributed by atoms with Crippen molar-refractivity contribution < 1.29 is 14.6 Å². The minimum atomic E-state index is -0.494. The predicted molar refractivity (Wildman–Crippen MR) is 87.1 cm³/mol. The number of aliphatic hydroxyl groups excluding tert-OH is 1. The molecule has 1 aromatic rings. The van der Waals surface area contributed by atoms with Crippen molar-refractivity contribution in [2.75, 3.05) is 31.7 Å². The van der Waals surface area contributed by atoms with Gasteiger partial charge in [0.2, 0.25) is 0 Å². The van der Waals surface area contributed by atoms with Crippen LogP contribution in [0.5, 0.6) is 5.75 Å². The van der Waals surface area contributed by atoms with Crippen LogP contribution in [0.4, 0.5) is 5.69 Å². The highest BCUT2D eigenvalue weighted by atomic mass is 16.5. The van der Waals surface area contributed by atoms with Gasteiger partial charge in [-0.1, -0.05) is 32.3 Å². The van der Waals surface area contributed by atoms with Crippen molar-refractivity contribution in [1.82, 2.24) is 0 Å². The first-order valence-electron chi connectivity index (χ1n) is 7.98. The standard InChI is InChI=1S/C17H29NO3/c1-3-5-6-7-11-20-14-16(19)13-18-15-9-8-10-17(12-15)21-4-2/h8-10,12,16,18-19H,3-7,11,13-14H2,1-2H3. The average molecular weight is 295 g/mol. The summed E-state index contributed by atoms with van der Waals surface area (Å²) in [6.45, 7) is 6.39. The summed E-state index contributed by atoms with van der Waals surface area (Å²) >= 11 is 0. The van der Waals surface area contributed by atoms with Crippen LogP contribution in [0.3, 0.4) is 0 Å². The van der Waals surface area contributed by atoms with Gasteiger partial charge < -0.3 is 19.9 Å². The molecule has 0 radical (unpaired) electrons.